The molecule has 0 fully saturated rings. The summed E-state index contributed by atoms with van der Waals surface area (Å²) in [5, 5.41) is 31.1. The molecule has 0 aliphatic carbocycles. The predicted octanol–water partition coefficient (Wildman–Crippen LogP) is 3.44. The topological polar surface area (TPSA) is 135 Å². The molecule has 0 aliphatic heterocycles. The van der Waals surface area contributed by atoms with E-state index in [0.29, 0.717) is 0 Å². The molecule has 9 heteroatoms. The van der Waals surface area contributed by atoms with Gasteiger partial charge in [0.1, 0.15) is 16.2 Å². The highest BCUT2D eigenvalue weighted by Gasteiger charge is 2.34. The highest BCUT2D eigenvalue weighted by atomic mass is 32.2. The number of aromatic carboxylic acids is 1. The number of nitrogens with zero attached hydrogens (tertiary/aromatic N) is 1. The second-order valence-corrected chi connectivity index (χ2v) is 8.94. The molecule has 0 amide bonds. The van der Waals surface area contributed by atoms with Crippen LogP contribution >= 0.6 is 0 Å². The van der Waals surface area contributed by atoms with Gasteiger partial charge in [0, 0.05) is 11.6 Å². The molecule has 0 saturated heterocycles. The van der Waals surface area contributed by atoms with Crippen LogP contribution in [-0.2, 0) is 15.3 Å². The summed E-state index contributed by atoms with van der Waals surface area (Å²) in [5.74, 6) is -2.01. The van der Waals surface area contributed by atoms with E-state index in [9.17, 15) is 33.5 Å². The van der Waals surface area contributed by atoms with Crippen molar-refractivity contribution in [2.24, 2.45) is 0 Å². The zero-order valence-corrected chi connectivity index (χ0v) is 16.0. The van der Waals surface area contributed by atoms with Gasteiger partial charge >= 0.3 is 5.97 Å². The van der Waals surface area contributed by atoms with Crippen LogP contribution in [0.25, 0.3) is 0 Å². The van der Waals surface area contributed by atoms with E-state index in [4.69, 9.17) is 0 Å². The number of benzene rings is 2. The molecule has 27 heavy (non-hydrogen) atoms. The Morgan fingerprint density at radius 2 is 1.70 bits per heavy atom. The smallest absolute Gasteiger partial charge is 0.339 e. The highest BCUT2D eigenvalue weighted by Crippen LogP contribution is 2.40. The van der Waals surface area contributed by atoms with Crippen LogP contribution in [-0.4, -0.2) is 29.5 Å². The van der Waals surface area contributed by atoms with Crippen LogP contribution in [0.3, 0.4) is 0 Å². The van der Waals surface area contributed by atoms with Crippen molar-refractivity contribution in [1.29, 1.82) is 0 Å². The fourth-order valence-electron chi connectivity index (χ4n) is 2.81. The third-order valence-corrected chi connectivity index (χ3v) is 6.10. The number of hydrogen-bond donors (Lipinski definition) is 2. The van der Waals surface area contributed by atoms with Crippen molar-refractivity contribution < 1.29 is 28.3 Å². The van der Waals surface area contributed by atoms with E-state index in [1.54, 1.807) is 20.8 Å². The SMILES string of the molecule is Cc1c(S(=O)(=O)c2ccccc2[N+](=O)[O-])cc(C(C)(C)C)c(O)c1C(=O)O. The molecule has 2 rings (SSSR count). The number of carboxylic acids is 1. The molecule has 2 N–H and O–H groups in total. The van der Waals surface area contributed by atoms with E-state index in [-0.39, 0.29) is 11.1 Å². The number of nitro groups is 1. The standard InChI is InChI=1S/C18H19NO7S/c1-10-14(9-11(18(2,3)4)16(20)15(10)17(21)22)27(25,26)13-8-6-5-7-12(13)19(23)24/h5-9,20H,1-4H3,(H,21,22). The molecule has 0 aliphatic rings. The zero-order valence-electron chi connectivity index (χ0n) is 15.2. The summed E-state index contributed by atoms with van der Waals surface area (Å²) in [6.07, 6.45) is 0. The van der Waals surface area contributed by atoms with Crippen molar-refractivity contribution in [3.8, 4) is 5.75 Å². The number of rotatable bonds is 4. The van der Waals surface area contributed by atoms with Gasteiger partial charge in [-0.3, -0.25) is 10.1 Å². The quantitative estimate of drug-likeness (QED) is 0.600. The average Bonchev–Trinajstić information content (AvgIpc) is 2.53. The molecule has 2 aromatic rings. The summed E-state index contributed by atoms with van der Waals surface area (Å²) in [6.45, 7) is 6.30. The average molecular weight is 393 g/mol. The normalized spacial score (nSPS) is 12.0. The summed E-state index contributed by atoms with van der Waals surface area (Å²) in [5.41, 5.74) is -2.00. The Morgan fingerprint density at radius 1 is 1.15 bits per heavy atom. The molecule has 0 aromatic heterocycles. The molecular weight excluding hydrogens is 374 g/mol. The van der Waals surface area contributed by atoms with Gasteiger partial charge in [0.2, 0.25) is 9.84 Å². The van der Waals surface area contributed by atoms with Gasteiger partial charge in [-0.1, -0.05) is 32.9 Å². The third kappa shape index (κ3) is 3.50. The number of sulfone groups is 1. The van der Waals surface area contributed by atoms with E-state index in [0.717, 1.165) is 12.1 Å². The van der Waals surface area contributed by atoms with E-state index in [1.807, 2.05) is 0 Å². The van der Waals surface area contributed by atoms with E-state index >= 15 is 0 Å². The molecular formula is C18H19NO7S. The van der Waals surface area contributed by atoms with Crippen molar-refractivity contribution in [3.63, 3.8) is 0 Å². The van der Waals surface area contributed by atoms with Gasteiger partial charge in [-0.25, -0.2) is 13.2 Å². The van der Waals surface area contributed by atoms with Crippen molar-refractivity contribution in [2.45, 2.75) is 42.9 Å². The first-order chi connectivity index (χ1) is 12.3. The van der Waals surface area contributed by atoms with Crippen LogP contribution in [0.15, 0.2) is 40.1 Å². The molecule has 0 saturated carbocycles. The highest BCUT2D eigenvalue weighted by molar-refractivity contribution is 7.91. The van der Waals surface area contributed by atoms with Crippen LogP contribution < -0.4 is 0 Å². The number of phenols is 1. The molecule has 0 atom stereocenters. The predicted molar refractivity (Wildman–Crippen MR) is 97.1 cm³/mol. The van der Waals surface area contributed by atoms with Gasteiger partial charge in [0.05, 0.1) is 9.82 Å². The first-order valence-electron chi connectivity index (χ1n) is 7.89. The third-order valence-electron chi connectivity index (χ3n) is 4.17. The minimum absolute atomic E-state index is 0.114. The molecule has 0 heterocycles. The number of carboxylic acid groups (broad SMARTS) is 1. The van der Waals surface area contributed by atoms with Gasteiger partial charge in [0.25, 0.3) is 5.69 Å². The van der Waals surface area contributed by atoms with E-state index in [1.165, 1.54) is 25.1 Å². The summed E-state index contributed by atoms with van der Waals surface area (Å²) < 4.78 is 26.3. The summed E-state index contributed by atoms with van der Waals surface area (Å²) in [7, 11) is -4.42. The molecule has 2 aromatic carbocycles. The fraction of sp³-hybridized carbons (Fsp3) is 0.278. The lowest BCUT2D eigenvalue weighted by Crippen LogP contribution is -2.17. The van der Waals surface area contributed by atoms with Gasteiger partial charge in [-0.05, 0) is 30.0 Å². The monoisotopic (exact) mass is 393 g/mol. The Labute approximate surface area is 156 Å². The number of para-hydroxylation sites is 1. The Bertz CT molecular complexity index is 1050. The van der Waals surface area contributed by atoms with Crippen molar-refractivity contribution in [2.75, 3.05) is 0 Å². The van der Waals surface area contributed by atoms with Gasteiger partial charge in [-0.2, -0.15) is 0 Å². The second kappa shape index (κ2) is 6.66. The molecule has 8 nitrogen and oxygen atoms in total. The van der Waals surface area contributed by atoms with Gasteiger partial charge < -0.3 is 10.2 Å². The Morgan fingerprint density at radius 3 is 2.19 bits per heavy atom. The summed E-state index contributed by atoms with van der Waals surface area (Å²) in [4.78, 5) is 21.1. The Hall–Kier alpha value is -2.94. The van der Waals surface area contributed by atoms with Crippen LogP contribution in [0.5, 0.6) is 5.75 Å². The minimum Gasteiger partial charge on any atom is -0.507 e. The lowest BCUT2D eigenvalue weighted by atomic mass is 9.84. The minimum atomic E-state index is -4.42. The molecule has 0 unspecified atom stereocenters. The van der Waals surface area contributed by atoms with Crippen molar-refractivity contribution in [1.82, 2.24) is 0 Å². The first-order valence-corrected chi connectivity index (χ1v) is 9.37. The number of aromatic hydroxyl groups is 1. The zero-order chi connectivity index (χ0) is 20.7. The van der Waals surface area contributed by atoms with Crippen molar-refractivity contribution in [3.05, 3.63) is 57.1 Å². The number of nitro benzene ring substituents is 1. The molecule has 0 radical (unpaired) electrons. The lowest BCUT2D eigenvalue weighted by Gasteiger charge is -2.24. The lowest BCUT2D eigenvalue weighted by molar-refractivity contribution is -0.387. The van der Waals surface area contributed by atoms with Crippen LogP contribution in [0.4, 0.5) is 5.69 Å². The fourth-order valence-corrected chi connectivity index (χ4v) is 4.50. The summed E-state index contributed by atoms with van der Waals surface area (Å²) in [6, 6.07) is 6.02. The van der Waals surface area contributed by atoms with Gasteiger partial charge in [-0.15, -0.1) is 0 Å². The number of carbonyl (C=O) groups is 1. The van der Waals surface area contributed by atoms with E-state index in [2.05, 4.69) is 0 Å². The Balaban J connectivity index is 2.96. The maximum absolute atomic E-state index is 13.2. The largest absolute Gasteiger partial charge is 0.507 e. The summed E-state index contributed by atoms with van der Waals surface area (Å²) >= 11 is 0. The first kappa shape index (κ1) is 20.4. The van der Waals surface area contributed by atoms with Crippen molar-refractivity contribution >= 4 is 21.5 Å². The molecule has 0 bridgehead atoms. The van der Waals surface area contributed by atoms with E-state index < -0.39 is 52.9 Å². The number of hydrogen-bond acceptors (Lipinski definition) is 6. The van der Waals surface area contributed by atoms with Gasteiger partial charge in [0.15, 0.2) is 0 Å². The molecule has 144 valence electrons. The molecule has 0 spiro atoms. The van der Waals surface area contributed by atoms with Crippen LogP contribution in [0.1, 0.15) is 42.3 Å². The maximum atomic E-state index is 13.2. The van der Waals surface area contributed by atoms with Crippen LogP contribution in [0, 0.1) is 17.0 Å². The maximum Gasteiger partial charge on any atom is 0.339 e. The van der Waals surface area contributed by atoms with Crippen LogP contribution in [0.2, 0.25) is 0 Å². The second-order valence-electron chi connectivity index (χ2n) is 7.05. The Kier molecular flexibility index (Phi) is 5.02.